The maximum absolute atomic E-state index is 11.2. The van der Waals surface area contributed by atoms with Crippen LogP contribution >= 0.6 is 0 Å². The van der Waals surface area contributed by atoms with Crippen LogP contribution in [0.1, 0.15) is 20.3 Å². The molecule has 0 aromatic rings. The van der Waals surface area contributed by atoms with Crippen LogP contribution in [0.3, 0.4) is 0 Å². The zero-order valence-electron chi connectivity index (χ0n) is 8.62. The van der Waals surface area contributed by atoms with E-state index in [9.17, 15) is 4.79 Å². The van der Waals surface area contributed by atoms with Crippen LogP contribution in [0, 0.1) is 0 Å². The first-order valence-corrected chi connectivity index (χ1v) is 4.81. The number of hydrogen-bond donors (Lipinski definition) is 0. The first-order valence-electron chi connectivity index (χ1n) is 4.81. The molecule has 0 saturated carbocycles. The Morgan fingerprint density at radius 1 is 1.64 bits per heavy atom. The topological polar surface area (TPSA) is 48.1 Å². The molecule has 1 aliphatic heterocycles. The zero-order valence-corrected chi connectivity index (χ0v) is 8.62. The molecule has 0 aliphatic carbocycles. The quantitative estimate of drug-likeness (QED) is 0.280. The maximum atomic E-state index is 11.2. The lowest BCUT2D eigenvalue weighted by Crippen LogP contribution is -2.07. The number of carbonyl (C=O) groups is 1. The van der Waals surface area contributed by atoms with E-state index in [0.29, 0.717) is 18.8 Å². The molecule has 0 N–H and O–H groups in total. The van der Waals surface area contributed by atoms with E-state index in [4.69, 9.17) is 14.2 Å². The maximum Gasteiger partial charge on any atom is 0.336 e. The molecule has 1 fully saturated rings. The molecule has 1 atom stereocenters. The molecule has 0 radical (unpaired) electrons. The third-order valence-electron chi connectivity index (χ3n) is 1.70. The van der Waals surface area contributed by atoms with Gasteiger partial charge in [-0.2, -0.15) is 0 Å². The van der Waals surface area contributed by atoms with Crippen molar-refractivity contribution in [3.05, 3.63) is 11.8 Å². The second-order valence-corrected chi connectivity index (χ2v) is 3.23. The SMILES string of the molecule is CCCOC(=O)C(C)=COCC1CO1. The van der Waals surface area contributed by atoms with Crippen LogP contribution in [0.15, 0.2) is 11.8 Å². The molecule has 0 aromatic carbocycles. The fraction of sp³-hybridized carbons (Fsp3) is 0.700. The normalized spacial score (nSPS) is 20.4. The Hall–Kier alpha value is -1.03. The van der Waals surface area contributed by atoms with Gasteiger partial charge in [0.2, 0.25) is 0 Å². The van der Waals surface area contributed by atoms with Crippen LogP contribution in [0.5, 0.6) is 0 Å². The van der Waals surface area contributed by atoms with Crippen molar-refractivity contribution in [3.63, 3.8) is 0 Å². The number of hydrogen-bond acceptors (Lipinski definition) is 4. The molecule has 80 valence electrons. The molecule has 1 rings (SSSR count). The third-order valence-corrected chi connectivity index (χ3v) is 1.70. The zero-order chi connectivity index (χ0) is 10.4. The first kappa shape index (κ1) is 11.0. The molecular weight excluding hydrogens is 184 g/mol. The third kappa shape index (κ3) is 4.28. The minimum Gasteiger partial charge on any atom is -0.498 e. The summed E-state index contributed by atoms with van der Waals surface area (Å²) in [6.45, 7) is 5.35. The summed E-state index contributed by atoms with van der Waals surface area (Å²) in [5, 5.41) is 0. The van der Waals surface area contributed by atoms with Crippen molar-refractivity contribution in [1.29, 1.82) is 0 Å². The van der Waals surface area contributed by atoms with Crippen molar-refractivity contribution in [1.82, 2.24) is 0 Å². The van der Waals surface area contributed by atoms with Gasteiger partial charge in [-0.1, -0.05) is 6.92 Å². The Kier molecular flexibility index (Phi) is 4.46. The molecule has 0 aromatic heterocycles. The highest BCUT2D eigenvalue weighted by Crippen LogP contribution is 2.09. The molecule has 0 spiro atoms. The van der Waals surface area contributed by atoms with Crippen molar-refractivity contribution in [2.45, 2.75) is 26.4 Å². The number of epoxide rings is 1. The summed E-state index contributed by atoms with van der Waals surface area (Å²) in [5.41, 5.74) is 0.485. The average molecular weight is 200 g/mol. The number of carbonyl (C=O) groups excluding carboxylic acids is 1. The summed E-state index contributed by atoms with van der Waals surface area (Å²) in [6, 6.07) is 0. The predicted octanol–water partition coefficient (Wildman–Crippen LogP) is 1.26. The minimum atomic E-state index is -0.316. The lowest BCUT2D eigenvalue weighted by molar-refractivity contribution is -0.139. The van der Waals surface area contributed by atoms with Crippen LogP contribution < -0.4 is 0 Å². The second kappa shape index (κ2) is 5.65. The Morgan fingerprint density at radius 3 is 2.93 bits per heavy atom. The van der Waals surface area contributed by atoms with E-state index in [2.05, 4.69) is 0 Å². The molecule has 1 saturated heterocycles. The van der Waals surface area contributed by atoms with Crippen LogP contribution in [-0.2, 0) is 19.0 Å². The molecule has 1 heterocycles. The lowest BCUT2D eigenvalue weighted by Gasteiger charge is -2.03. The summed E-state index contributed by atoms with van der Waals surface area (Å²) in [4.78, 5) is 11.2. The van der Waals surface area contributed by atoms with Gasteiger partial charge in [0.15, 0.2) is 0 Å². The van der Waals surface area contributed by atoms with Gasteiger partial charge in [-0.25, -0.2) is 4.79 Å². The van der Waals surface area contributed by atoms with Crippen LogP contribution in [-0.4, -0.2) is 31.9 Å². The summed E-state index contributed by atoms with van der Waals surface area (Å²) >= 11 is 0. The molecule has 0 bridgehead atoms. The Morgan fingerprint density at radius 2 is 2.36 bits per heavy atom. The van der Waals surface area contributed by atoms with Gasteiger partial charge in [0, 0.05) is 0 Å². The highest BCUT2D eigenvalue weighted by Gasteiger charge is 2.22. The van der Waals surface area contributed by atoms with Crippen LogP contribution in [0.4, 0.5) is 0 Å². The van der Waals surface area contributed by atoms with Gasteiger partial charge < -0.3 is 14.2 Å². The van der Waals surface area contributed by atoms with Crippen LogP contribution in [0.2, 0.25) is 0 Å². The first-order chi connectivity index (χ1) is 6.74. The molecule has 4 heteroatoms. The van der Waals surface area contributed by atoms with E-state index in [0.717, 1.165) is 13.0 Å². The van der Waals surface area contributed by atoms with Gasteiger partial charge in [-0.3, -0.25) is 0 Å². The standard InChI is InChI=1S/C10H16O4/c1-3-4-13-10(11)8(2)5-12-6-9-7-14-9/h5,9H,3-4,6-7H2,1-2H3. The van der Waals surface area contributed by atoms with E-state index in [1.807, 2.05) is 6.92 Å². The number of rotatable bonds is 6. The largest absolute Gasteiger partial charge is 0.498 e. The van der Waals surface area contributed by atoms with E-state index in [-0.39, 0.29) is 12.1 Å². The van der Waals surface area contributed by atoms with Gasteiger partial charge in [0.1, 0.15) is 12.7 Å². The van der Waals surface area contributed by atoms with Gasteiger partial charge in [0.05, 0.1) is 25.0 Å². The molecule has 14 heavy (non-hydrogen) atoms. The van der Waals surface area contributed by atoms with E-state index >= 15 is 0 Å². The van der Waals surface area contributed by atoms with E-state index < -0.39 is 0 Å². The fourth-order valence-corrected chi connectivity index (χ4v) is 0.801. The van der Waals surface area contributed by atoms with Gasteiger partial charge in [-0.15, -0.1) is 0 Å². The second-order valence-electron chi connectivity index (χ2n) is 3.23. The number of esters is 1. The Bertz CT molecular complexity index is 218. The van der Waals surface area contributed by atoms with Crippen molar-refractivity contribution in [3.8, 4) is 0 Å². The predicted molar refractivity (Wildman–Crippen MR) is 50.7 cm³/mol. The van der Waals surface area contributed by atoms with Crippen molar-refractivity contribution in [2.75, 3.05) is 19.8 Å². The number of ether oxygens (including phenoxy) is 3. The van der Waals surface area contributed by atoms with E-state index in [1.165, 1.54) is 6.26 Å². The summed E-state index contributed by atoms with van der Waals surface area (Å²) in [7, 11) is 0. The average Bonchev–Trinajstić information content (AvgIpc) is 2.97. The monoisotopic (exact) mass is 200 g/mol. The highest BCUT2D eigenvalue weighted by atomic mass is 16.6. The molecular formula is C10H16O4. The lowest BCUT2D eigenvalue weighted by atomic mass is 10.3. The van der Waals surface area contributed by atoms with Crippen molar-refractivity contribution in [2.24, 2.45) is 0 Å². The fourth-order valence-electron chi connectivity index (χ4n) is 0.801. The van der Waals surface area contributed by atoms with Crippen molar-refractivity contribution < 1.29 is 19.0 Å². The Labute approximate surface area is 83.8 Å². The molecule has 1 aliphatic rings. The Balaban J connectivity index is 2.15. The molecule has 0 amide bonds. The van der Waals surface area contributed by atoms with Gasteiger partial charge >= 0.3 is 5.97 Å². The summed E-state index contributed by atoms with van der Waals surface area (Å²) in [6.07, 6.45) is 2.47. The molecule has 4 nitrogen and oxygen atoms in total. The van der Waals surface area contributed by atoms with Crippen molar-refractivity contribution >= 4 is 5.97 Å². The molecule has 1 unspecified atom stereocenters. The highest BCUT2D eigenvalue weighted by molar-refractivity contribution is 5.87. The van der Waals surface area contributed by atoms with Gasteiger partial charge in [0.25, 0.3) is 0 Å². The van der Waals surface area contributed by atoms with Crippen LogP contribution in [0.25, 0.3) is 0 Å². The van der Waals surface area contributed by atoms with E-state index in [1.54, 1.807) is 6.92 Å². The summed E-state index contributed by atoms with van der Waals surface area (Å²) < 4.78 is 15.0. The smallest absolute Gasteiger partial charge is 0.336 e. The summed E-state index contributed by atoms with van der Waals surface area (Å²) in [5.74, 6) is -0.316. The minimum absolute atomic E-state index is 0.214. The van der Waals surface area contributed by atoms with Gasteiger partial charge in [-0.05, 0) is 13.3 Å².